The van der Waals surface area contributed by atoms with E-state index in [1.807, 2.05) is 23.1 Å². The molecule has 2 saturated heterocycles. The minimum Gasteiger partial charge on any atom is -0.381 e. The van der Waals surface area contributed by atoms with Crippen LogP contribution in [0.25, 0.3) is 0 Å². The molecule has 2 aliphatic heterocycles. The number of amides is 2. The van der Waals surface area contributed by atoms with Gasteiger partial charge in [-0.3, -0.25) is 9.59 Å². The molecule has 7 nitrogen and oxygen atoms in total. The van der Waals surface area contributed by atoms with Gasteiger partial charge in [0.25, 0.3) is 0 Å². The zero-order valence-corrected chi connectivity index (χ0v) is 16.5. The Morgan fingerprint density at radius 1 is 1.11 bits per heavy atom. The van der Waals surface area contributed by atoms with E-state index in [9.17, 15) is 9.59 Å². The van der Waals surface area contributed by atoms with Gasteiger partial charge in [0, 0.05) is 58.0 Å². The molecule has 2 aliphatic rings. The number of benzene rings is 1. The molecular formula is C21H32N4O3. The van der Waals surface area contributed by atoms with E-state index in [4.69, 9.17) is 10.5 Å². The van der Waals surface area contributed by atoms with Crippen LogP contribution in [0.3, 0.4) is 0 Å². The average molecular weight is 389 g/mol. The molecule has 1 atom stereocenters. The summed E-state index contributed by atoms with van der Waals surface area (Å²) in [4.78, 5) is 28.8. The molecule has 0 bridgehead atoms. The number of piperazine rings is 1. The predicted molar refractivity (Wildman–Crippen MR) is 109 cm³/mol. The topological polar surface area (TPSA) is 87.9 Å². The highest BCUT2D eigenvalue weighted by molar-refractivity contribution is 5.82. The van der Waals surface area contributed by atoms with Crippen LogP contribution in [0, 0.1) is 5.92 Å². The fraction of sp³-hybridized carbons (Fsp3) is 0.619. The first-order valence-electron chi connectivity index (χ1n) is 10.3. The maximum absolute atomic E-state index is 12.4. The minimum atomic E-state index is -0.481. The number of nitrogens with one attached hydrogen (secondary N) is 1. The highest BCUT2D eigenvalue weighted by atomic mass is 16.5. The van der Waals surface area contributed by atoms with Crippen LogP contribution in [0.1, 0.15) is 25.7 Å². The summed E-state index contributed by atoms with van der Waals surface area (Å²) in [5.74, 6) is 0.239. The van der Waals surface area contributed by atoms with E-state index in [2.05, 4.69) is 22.3 Å². The summed E-state index contributed by atoms with van der Waals surface area (Å²) in [5.41, 5.74) is 7.27. The lowest BCUT2D eigenvalue weighted by Crippen LogP contribution is -2.49. The highest BCUT2D eigenvalue weighted by Gasteiger charge is 2.26. The van der Waals surface area contributed by atoms with E-state index < -0.39 is 6.04 Å². The van der Waals surface area contributed by atoms with Gasteiger partial charge in [0.2, 0.25) is 11.8 Å². The van der Waals surface area contributed by atoms with Crippen LogP contribution in [0.5, 0.6) is 0 Å². The number of para-hydroxylation sites is 1. The van der Waals surface area contributed by atoms with Crippen LogP contribution in [0.4, 0.5) is 5.69 Å². The minimum absolute atomic E-state index is 0.115. The van der Waals surface area contributed by atoms with Crippen molar-refractivity contribution in [3.63, 3.8) is 0 Å². The zero-order chi connectivity index (χ0) is 19.8. The molecule has 0 aromatic heterocycles. The van der Waals surface area contributed by atoms with Gasteiger partial charge < -0.3 is 25.6 Å². The molecule has 2 heterocycles. The van der Waals surface area contributed by atoms with Gasteiger partial charge in [-0.25, -0.2) is 0 Å². The van der Waals surface area contributed by atoms with Crippen molar-refractivity contribution < 1.29 is 14.3 Å². The Balaban J connectivity index is 1.31. The standard InChI is InChI=1S/C21H32N4O3/c22-20(17-8-15-28-16-9-17)21(27)23-10-4-7-19(26)25-13-11-24(12-14-25)18-5-2-1-3-6-18/h1-3,5-6,17,20H,4,7-16,22H2,(H,23,27). The number of anilines is 1. The van der Waals surface area contributed by atoms with Gasteiger partial charge in [-0.15, -0.1) is 0 Å². The number of hydrogen-bond donors (Lipinski definition) is 2. The van der Waals surface area contributed by atoms with Gasteiger partial charge in [-0.05, 0) is 37.3 Å². The van der Waals surface area contributed by atoms with Crippen molar-refractivity contribution in [3.8, 4) is 0 Å². The van der Waals surface area contributed by atoms with E-state index in [0.717, 1.165) is 39.0 Å². The Morgan fingerprint density at radius 2 is 1.79 bits per heavy atom. The summed E-state index contributed by atoms with van der Waals surface area (Å²) in [6, 6.07) is 9.81. The Bertz CT molecular complexity index is 626. The quantitative estimate of drug-likeness (QED) is 0.680. The number of carbonyl (C=O) groups is 2. The van der Waals surface area contributed by atoms with Crippen molar-refractivity contribution in [1.29, 1.82) is 0 Å². The summed E-state index contributed by atoms with van der Waals surface area (Å²) in [6.45, 7) is 5.04. The summed E-state index contributed by atoms with van der Waals surface area (Å²) in [6.07, 6.45) is 2.77. The third-order valence-electron chi connectivity index (χ3n) is 5.70. The zero-order valence-electron chi connectivity index (χ0n) is 16.5. The molecule has 0 radical (unpaired) electrons. The maximum atomic E-state index is 12.4. The highest BCUT2D eigenvalue weighted by Crippen LogP contribution is 2.18. The second-order valence-corrected chi connectivity index (χ2v) is 7.57. The van der Waals surface area contributed by atoms with E-state index in [1.165, 1.54) is 5.69 Å². The monoisotopic (exact) mass is 388 g/mol. The molecule has 3 N–H and O–H groups in total. The fourth-order valence-corrected chi connectivity index (χ4v) is 3.87. The maximum Gasteiger partial charge on any atom is 0.237 e. The Labute approximate surface area is 167 Å². The van der Waals surface area contributed by atoms with Crippen molar-refractivity contribution in [2.24, 2.45) is 11.7 Å². The van der Waals surface area contributed by atoms with Crippen molar-refractivity contribution in [2.75, 3.05) is 50.8 Å². The van der Waals surface area contributed by atoms with Crippen LogP contribution in [0.15, 0.2) is 30.3 Å². The van der Waals surface area contributed by atoms with Crippen molar-refractivity contribution in [1.82, 2.24) is 10.2 Å². The second-order valence-electron chi connectivity index (χ2n) is 7.57. The van der Waals surface area contributed by atoms with Crippen LogP contribution < -0.4 is 16.0 Å². The lowest BCUT2D eigenvalue weighted by molar-refractivity contribution is -0.132. The number of hydrogen-bond acceptors (Lipinski definition) is 5. The molecule has 7 heteroatoms. The summed E-state index contributed by atoms with van der Waals surface area (Å²) < 4.78 is 5.31. The smallest absolute Gasteiger partial charge is 0.237 e. The van der Waals surface area contributed by atoms with Crippen LogP contribution in [0.2, 0.25) is 0 Å². The van der Waals surface area contributed by atoms with Gasteiger partial charge in [0.1, 0.15) is 0 Å². The van der Waals surface area contributed by atoms with Gasteiger partial charge in [-0.1, -0.05) is 18.2 Å². The predicted octanol–water partition coefficient (Wildman–Crippen LogP) is 0.985. The number of ether oxygens (including phenoxy) is 1. The third-order valence-corrected chi connectivity index (χ3v) is 5.70. The lowest BCUT2D eigenvalue weighted by atomic mass is 9.92. The second kappa shape index (κ2) is 10.4. The molecule has 1 unspecified atom stereocenters. The number of rotatable bonds is 7. The molecule has 1 aromatic carbocycles. The number of nitrogens with two attached hydrogens (primary N) is 1. The Kier molecular flexibility index (Phi) is 7.68. The van der Waals surface area contributed by atoms with E-state index >= 15 is 0 Å². The molecule has 1 aromatic rings. The first-order chi connectivity index (χ1) is 13.6. The molecule has 2 amide bonds. The van der Waals surface area contributed by atoms with E-state index in [0.29, 0.717) is 32.6 Å². The first-order valence-corrected chi connectivity index (χ1v) is 10.3. The number of carbonyl (C=O) groups excluding carboxylic acids is 2. The lowest BCUT2D eigenvalue weighted by Gasteiger charge is -2.36. The van der Waals surface area contributed by atoms with Gasteiger partial charge in [-0.2, -0.15) is 0 Å². The summed E-state index contributed by atoms with van der Waals surface area (Å²) >= 11 is 0. The van der Waals surface area contributed by atoms with Gasteiger partial charge in [0.05, 0.1) is 6.04 Å². The first kappa shape index (κ1) is 20.6. The van der Waals surface area contributed by atoms with E-state index in [-0.39, 0.29) is 17.7 Å². The van der Waals surface area contributed by atoms with Crippen molar-refractivity contribution >= 4 is 17.5 Å². The third kappa shape index (κ3) is 5.69. The Morgan fingerprint density at radius 3 is 2.46 bits per heavy atom. The molecule has 28 heavy (non-hydrogen) atoms. The Hall–Kier alpha value is -2.12. The molecule has 0 saturated carbocycles. The number of nitrogens with zero attached hydrogens (tertiary/aromatic N) is 2. The van der Waals surface area contributed by atoms with Gasteiger partial charge >= 0.3 is 0 Å². The molecule has 0 aliphatic carbocycles. The van der Waals surface area contributed by atoms with Crippen molar-refractivity contribution in [3.05, 3.63) is 30.3 Å². The van der Waals surface area contributed by atoms with Crippen LogP contribution in [-0.4, -0.2) is 68.7 Å². The van der Waals surface area contributed by atoms with Crippen molar-refractivity contribution in [2.45, 2.75) is 31.7 Å². The molecule has 2 fully saturated rings. The van der Waals surface area contributed by atoms with Gasteiger partial charge in [0.15, 0.2) is 0 Å². The summed E-state index contributed by atoms with van der Waals surface area (Å²) in [5, 5.41) is 2.88. The largest absolute Gasteiger partial charge is 0.381 e. The SMILES string of the molecule is NC(C(=O)NCCCC(=O)N1CCN(c2ccccc2)CC1)C1CCOCC1. The molecular weight excluding hydrogens is 356 g/mol. The van der Waals surface area contributed by atoms with Crippen LogP contribution in [-0.2, 0) is 14.3 Å². The van der Waals surface area contributed by atoms with Crippen LogP contribution >= 0.6 is 0 Å². The molecule has 0 spiro atoms. The average Bonchev–Trinajstić information content (AvgIpc) is 2.77. The fourth-order valence-electron chi connectivity index (χ4n) is 3.87. The summed E-state index contributed by atoms with van der Waals surface area (Å²) in [7, 11) is 0. The molecule has 154 valence electrons. The normalized spacial score (nSPS) is 19.3. The molecule has 3 rings (SSSR count). The van der Waals surface area contributed by atoms with E-state index in [1.54, 1.807) is 0 Å².